The van der Waals surface area contributed by atoms with Gasteiger partial charge in [-0.05, 0) is 56.0 Å². The molecule has 0 aliphatic rings. The lowest BCUT2D eigenvalue weighted by atomic mass is 9.99. The number of hydrogen-bond acceptors (Lipinski definition) is 2. The van der Waals surface area contributed by atoms with Crippen LogP contribution < -0.4 is 10.1 Å². The molecule has 0 aliphatic heterocycles. The maximum Gasteiger partial charge on any atom is 0.261 e. The number of ether oxygens (including phenoxy) is 1. The van der Waals surface area contributed by atoms with E-state index in [9.17, 15) is 4.79 Å². The van der Waals surface area contributed by atoms with Crippen LogP contribution in [0.15, 0.2) is 48.5 Å². The molecular formula is C20H25NO2. The standard InChI is InChI=1S/C20H25NO2/c1-5-19(17-12-11-14(2)15(3)13-17)21-20(22)16(4)23-18-9-7-6-8-10-18/h6-13,16,19H,5H2,1-4H3,(H,21,22)/t16-,19-/m0/s1. The molecule has 23 heavy (non-hydrogen) atoms. The Morgan fingerprint density at radius 3 is 2.39 bits per heavy atom. The van der Waals surface area contributed by atoms with Crippen LogP contribution >= 0.6 is 0 Å². The van der Waals surface area contributed by atoms with Gasteiger partial charge >= 0.3 is 0 Å². The normalized spacial score (nSPS) is 13.2. The summed E-state index contributed by atoms with van der Waals surface area (Å²) in [5, 5.41) is 3.09. The third-order valence-corrected chi connectivity index (χ3v) is 4.08. The number of benzene rings is 2. The first-order chi connectivity index (χ1) is 11.0. The molecule has 2 aromatic carbocycles. The minimum absolute atomic E-state index is 0.00335. The monoisotopic (exact) mass is 311 g/mol. The van der Waals surface area contributed by atoms with Gasteiger partial charge in [0.1, 0.15) is 5.75 Å². The van der Waals surface area contributed by atoms with E-state index in [2.05, 4.69) is 44.3 Å². The summed E-state index contributed by atoms with van der Waals surface area (Å²) in [4.78, 5) is 12.4. The molecule has 0 fully saturated rings. The Hall–Kier alpha value is -2.29. The van der Waals surface area contributed by atoms with Gasteiger partial charge in [-0.25, -0.2) is 0 Å². The molecule has 0 saturated heterocycles. The van der Waals surface area contributed by atoms with E-state index in [-0.39, 0.29) is 11.9 Å². The maximum atomic E-state index is 12.4. The highest BCUT2D eigenvalue weighted by atomic mass is 16.5. The summed E-state index contributed by atoms with van der Waals surface area (Å²) in [6, 6.07) is 15.7. The summed E-state index contributed by atoms with van der Waals surface area (Å²) < 4.78 is 5.69. The molecule has 1 N–H and O–H groups in total. The van der Waals surface area contributed by atoms with Gasteiger partial charge < -0.3 is 10.1 Å². The molecule has 2 aromatic rings. The van der Waals surface area contributed by atoms with Gasteiger partial charge in [0.15, 0.2) is 6.10 Å². The number of para-hydroxylation sites is 1. The Kier molecular flexibility index (Phi) is 5.80. The van der Waals surface area contributed by atoms with Gasteiger partial charge in [0, 0.05) is 0 Å². The highest BCUT2D eigenvalue weighted by Gasteiger charge is 2.19. The second kappa shape index (κ2) is 7.82. The molecule has 0 aromatic heterocycles. The van der Waals surface area contributed by atoms with E-state index in [1.165, 1.54) is 11.1 Å². The second-order valence-corrected chi connectivity index (χ2v) is 5.89. The van der Waals surface area contributed by atoms with Crippen LogP contribution in [-0.2, 0) is 4.79 Å². The zero-order chi connectivity index (χ0) is 16.8. The van der Waals surface area contributed by atoms with Gasteiger partial charge in [0.05, 0.1) is 6.04 Å². The first-order valence-electron chi connectivity index (χ1n) is 8.10. The van der Waals surface area contributed by atoms with E-state index >= 15 is 0 Å². The zero-order valence-electron chi connectivity index (χ0n) is 14.3. The SMILES string of the molecule is CC[C@H](NC(=O)[C@H](C)Oc1ccccc1)c1ccc(C)c(C)c1. The fourth-order valence-electron chi connectivity index (χ4n) is 2.45. The fourth-order valence-corrected chi connectivity index (χ4v) is 2.45. The van der Waals surface area contributed by atoms with Gasteiger partial charge in [0.2, 0.25) is 0 Å². The molecule has 3 heteroatoms. The molecular weight excluding hydrogens is 286 g/mol. The number of rotatable bonds is 6. The summed E-state index contributed by atoms with van der Waals surface area (Å²) in [6.07, 6.45) is 0.310. The van der Waals surface area contributed by atoms with Crippen LogP contribution in [0.3, 0.4) is 0 Å². The first-order valence-corrected chi connectivity index (χ1v) is 8.10. The van der Waals surface area contributed by atoms with Crippen molar-refractivity contribution in [1.29, 1.82) is 0 Å². The molecule has 1 amide bonds. The molecule has 0 saturated carbocycles. The summed E-state index contributed by atoms with van der Waals surface area (Å²) in [7, 11) is 0. The van der Waals surface area contributed by atoms with Gasteiger partial charge in [-0.15, -0.1) is 0 Å². The third-order valence-electron chi connectivity index (χ3n) is 4.08. The lowest BCUT2D eigenvalue weighted by molar-refractivity contribution is -0.128. The van der Waals surface area contributed by atoms with Crippen LogP contribution in [0.1, 0.15) is 43.0 Å². The van der Waals surface area contributed by atoms with Gasteiger partial charge in [0.25, 0.3) is 5.91 Å². The number of carbonyl (C=O) groups excluding carboxylic acids is 1. The van der Waals surface area contributed by atoms with Crippen molar-refractivity contribution in [1.82, 2.24) is 5.32 Å². The number of amides is 1. The van der Waals surface area contributed by atoms with Gasteiger partial charge in [-0.3, -0.25) is 4.79 Å². The molecule has 2 rings (SSSR count). The van der Waals surface area contributed by atoms with Gasteiger partial charge in [-0.2, -0.15) is 0 Å². The molecule has 0 unspecified atom stereocenters. The molecule has 122 valence electrons. The average Bonchev–Trinajstić information content (AvgIpc) is 2.56. The predicted octanol–water partition coefficient (Wildman–Crippen LogP) is 4.34. The predicted molar refractivity (Wildman–Crippen MR) is 93.6 cm³/mol. The molecule has 3 nitrogen and oxygen atoms in total. The van der Waals surface area contributed by atoms with Crippen molar-refractivity contribution >= 4 is 5.91 Å². The topological polar surface area (TPSA) is 38.3 Å². The summed E-state index contributed by atoms with van der Waals surface area (Å²) in [6.45, 7) is 8.03. The fraction of sp³-hybridized carbons (Fsp3) is 0.350. The largest absolute Gasteiger partial charge is 0.481 e. The zero-order valence-corrected chi connectivity index (χ0v) is 14.3. The average molecular weight is 311 g/mol. The molecule has 0 heterocycles. The van der Waals surface area contributed by atoms with Gasteiger partial charge in [-0.1, -0.05) is 43.3 Å². The van der Waals surface area contributed by atoms with Crippen LogP contribution in [0.5, 0.6) is 5.75 Å². The van der Waals surface area contributed by atoms with Crippen molar-refractivity contribution in [3.8, 4) is 5.75 Å². The number of aryl methyl sites for hydroxylation is 2. The summed E-state index contributed by atoms with van der Waals surface area (Å²) in [5.41, 5.74) is 3.63. The lowest BCUT2D eigenvalue weighted by Gasteiger charge is -2.21. The highest BCUT2D eigenvalue weighted by Crippen LogP contribution is 2.20. The van der Waals surface area contributed by atoms with Crippen molar-refractivity contribution in [3.63, 3.8) is 0 Å². The van der Waals surface area contributed by atoms with Crippen molar-refractivity contribution < 1.29 is 9.53 Å². The van der Waals surface area contributed by atoms with Crippen LogP contribution in [0.4, 0.5) is 0 Å². The summed E-state index contributed by atoms with van der Waals surface area (Å²) in [5.74, 6) is 0.605. The Bertz CT molecular complexity index is 652. The van der Waals surface area contributed by atoms with Crippen LogP contribution in [0.2, 0.25) is 0 Å². The minimum atomic E-state index is -0.530. The molecule has 0 radical (unpaired) electrons. The second-order valence-electron chi connectivity index (χ2n) is 5.89. The lowest BCUT2D eigenvalue weighted by Crippen LogP contribution is -2.38. The third kappa shape index (κ3) is 4.59. The van der Waals surface area contributed by atoms with E-state index in [0.29, 0.717) is 5.75 Å². The van der Waals surface area contributed by atoms with E-state index in [1.54, 1.807) is 6.92 Å². The smallest absolute Gasteiger partial charge is 0.261 e. The Morgan fingerprint density at radius 2 is 1.78 bits per heavy atom. The van der Waals surface area contributed by atoms with Crippen molar-refractivity contribution in [3.05, 3.63) is 65.2 Å². The van der Waals surface area contributed by atoms with E-state index < -0.39 is 6.10 Å². The Morgan fingerprint density at radius 1 is 1.09 bits per heavy atom. The highest BCUT2D eigenvalue weighted by molar-refractivity contribution is 5.81. The summed E-state index contributed by atoms with van der Waals surface area (Å²) >= 11 is 0. The van der Waals surface area contributed by atoms with Crippen molar-refractivity contribution in [2.75, 3.05) is 0 Å². The van der Waals surface area contributed by atoms with Crippen molar-refractivity contribution in [2.45, 2.75) is 46.3 Å². The van der Waals surface area contributed by atoms with Crippen LogP contribution in [0.25, 0.3) is 0 Å². The molecule has 0 aliphatic carbocycles. The molecule has 0 spiro atoms. The molecule has 0 bridgehead atoms. The number of nitrogens with one attached hydrogen (secondary N) is 1. The first kappa shape index (κ1) is 17.1. The van der Waals surface area contributed by atoms with Crippen LogP contribution in [-0.4, -0.2) is 12.0 Å². The van der Waals surface area contributed by atoms with Crippen LogP contribution in [0, 0.1) is 13.8 Å². The molecule has 2 atom stereocenters. The minimum Gasteiger partial charge on any atom is -0.481 e. The quantitative estimate of drug-likeness (QED) is 0.862. The van der Waals surface area contributed by atoms with Crippen molar-refractivity contribution in [2.24, 2.45) is 0 Å². The number of hydrogen-bond donors (Lipinski definition) is 1. The maximum absolute atomic E-state index is 12.4. The van der Waals surface area contributed by atoms with E-state index in [0.717, 1.165) is 12.0 Å². The Balaban J connectivity index is 2.02. The van der Waals surface area contributed by atoms with E-state index in [1.807, 2.05) is 30.3 Å². The van der Waals surface area contributed by atoms with E-state index in [4.69, 9.17) is 4.74 Å². The Labute approximate surface area is 138 Å². The number of carbonyl (C=O) groups is 1.